The predicted molar refractivity (Wildman–Crippen MR) is 63.3 cm³/mol. The zero-order chi connectivity index (χ0) is 11.8. The lowest BCUT2D eigenvalue weighted by Gasteiger charge is -2.32. The summed E-state index contributed by atoms with van der Waals surface area (Å²) in [7, 11) is -3.46. The van der Waals surface area contributed by atoms with Crippen molar-refractivity contribution in [3.63, 3.8) is 0 Å². The highest BCUT2D eigenvalue weighted by atomic mass is 79.9. The van der Waals surface area contributed by atoms with E-state index in [2.05, 4.69) is 25.6 Å². The molecule has 1 fully saturated rings. The van der Waals surface area contributed by atoms with Crippen molar-refractivity contribution in [2.45, 2.75) is 29.8 Å². The predicted octanol–water partition coefficient (Wildman–Crippen LogP) is 0.612. The van der Waals surface area contributed by atoms with E-state index in [0.29, 0.717) is 17.3 Å². The lowest BCUT2D eigenvalue weighted by molar-refractivity contribution is 0.327. The van der Waals surface area contributed by atoms with E-state index in [9.17, 15) is 8.42 Å². The molecular weight excluding hydrogens is 294 g/mol. The van der Waals surface area contributed by atoms with Crippen molar-refractivity contribution in [1.29, 1.82) is 0 Å². The lowest BCUT2D eigenvalue weighted by atomic mass is 9.89. The number of aromatic nitrogens is 1. The van der Waals surface area contributed by atoms with Gasteiger partial charge in [-0.1, -0.05) is 0 Å². The lowest BCUT2D eigenvalue weighted by Crippen LogP contribution is -2.50. The smallest absolute Gasteiger partial charge is 0.242 e. The van der Waals surface area contributed by atoms with Crippen LogP contribution in [0.2, 0.25) is 0 Å². The molecule has 1 aromatic rings. The fraction of sp³-hybridized carbons (Fsp3) is 0.444. The summed E-state index contributed by atoms with van der Waals surface area (Å²) in [6.07, 6.45) is 4.26. The average Bonchev–Trinajstić information content (AvgIpc) is 2.15. The van der Waals surface area contributed by atoms with Crippen molar-refractivity contribution in [2.75, 3.05) is 0 Å². The maximum absolute atomic E-state index is 11.9. The molecule has 5 nitrogen and oxygen atoms in total. The molecule has 1 aromatic heterocycles. The molecule has 1 aliphatic carbocycles. The summed E-state index contributed by atoms with van der Waals surface area (Å²) in [5.41, 5.74) is 5.60. The third-order valence-electron chi connectivity index (χ3n) is 2.49. The normalized spacial score (nSPS) is 25.1. The van der Waals surface area contributed by atoms with Crippen LogP contribution in [-0.4, -0.2) is 25.5 Å². The molecule has 0 aromatic carbocycles. The van der Waals surface area contributed by atoms with Gasteiger partial charge in [0.1, 0.15) is 4.90 Å². The number of pyridine rings is 1. The van der Waals surface area contributed by atoms with E-state index in [0.717, 1.165) is 0 Å². The first-order valence-corrected chi connectivity index (χ1v) is 7.13. The van der Waals surface area contributed by atoms with Gasteiger partial charge < -0.3 is 5.73 Å². The Morgan fingerprint density at radius 1 is 1.44 bits per heavy atom. The number of hydrogen-bond acceptors (Lipinski definition) is 4. The standard InChI is InChI=1S/C9H12BrN3O2S/c10-6-1-9(5-12-4-6)16(14,15)13-8-2-7(11)3-8/h1,4-5,7-8,13H,2-3,11H2. The molecular formula is C9H12BrN3O2S. The second-order valence-corrected chi connectivity index (χ2v) is 6.52. The van der Waals surface area contributed by atoms with Gasteiger partial charge in [-0.25, -0.2) is 13.1 Å². The van der Waals surface area contributed by atoms with Gasteiger partial charge in [-0.05, 0) is 34.8 Å². The highest BCUT2D eigenvalue weighted by Gasteiger charge is 2.30. The summed E-state index contributed by atoms with van der Waals surface area (Å²) < 4.78 is 27.0. The number of halogens is 1. The highest BCUT2D eigenvalue weighted by Crippen LogP contribution is 2.21. The Hall–Kier alpha value is -0.500. The van der Waals surface area contributed by atoms with Crippen LogP contribution < -0.4 is 10.5 Å². The van der Waals surface area contributed by atoms with Gasteiger partial charge in [-0.15, -0.1) is 0 Å². The Bertz CT molecular complexity index is 485. The third kappa shape index (κ3) is 2.60. The van der Waals surface area contributed by atoms with Gasteiger partial charge in [0.15, 0.2) is 0 Å². The molecule has 0 spiro atoms. The van der Waals surface area contributed by atoms with Crippen LogP contribution in [-0.2, 0) is 10.0 Å². The van der Waals surface area contributed by atoms with Gasteiger partial charge in [0, 0.05) is 29.0 Å². The van der Waals surface area contributed by atoms with Crippen molar-refractivity contribution in [1.82, 2.24) is 9.71 Å². The van der Waals surface area contributed by atoms with Crippen LogP contribution in [0.4, 0.5) is 0 Å². The largest absolute Gasteiger partial charge is 0.328 e. The summed E-state index contributed by atoms with van der Waals surface area (Å²) in [5, 5.41) is 0. The van der Waals surface area contributed by atoms with E-state index in [1.807, 2.05) is 0 Å². The Labute approximate surface area is 103 Å². The Morgan fingerprint density at radius 3 is 2.69 bits per heavy atom. The molecule has 1 heterocycles. The first-order chi connectivity index (χ1) is 7.47. The van der Waals surface area contributed by atoms with Crippen molar-refractivity contribution < 1.29 is 8.42 Å². The number of rotatable bonds is 3. The minimum absolute atomic E-state index is 0.0426. The van der Waals surface area contributed by atoms with Crippen LogP contribution in [0.25, 0.3) is 0 Å². The molecule has 3 N–H and O–H groups in total. The SMILES string of the molecule is NC1CC(NS(=O)(=O)c2cncc(Br)c2)C1. The zero-order valence-electron chi connectivity index (χ0n) is 8.43. The molecule has 0 bridgehead atoms. The van der Waals surface area contributed by atoms with E-state index in [4.69, 9.17) is 5.73 Å². The second kappa shape index (κ2) is 4.40. The monoisotopic (exact) mass is 305 g/mol. The Morgan fingerprint density at radius 2 is 2.12 bits per heavy atom. The minimum atomic E-state index is -3.46. The minimum Gasteiger partial charge on any atom is -0.328 e. The molecule has 88 valence electrons. The summed E-state index contributed by atoms with van der Waals surface area (Å²) in [4.78, 5) is 3.99. The van der Waals surface area contributed by atoms with E-state index < -0.39 is 10.0 Å². The van der Waals surface area contributed by atoms with E-state index in [1.165, 1.54) is 18.5 Å². The van der Waals surface area contributed by atoms with Crippen LogP contribution in [0.5, 0.6) is 0 Å². The van der Waals surface area contributed by atoms with Crippen LogP contribution in [0.3, 0.4) is 0 Å². The maximum atomic E-state index is 11.9. The quantitative estimate of drug-likeness (QED) is 0.857. The molecule has 1 saturated carbocycles. The molecule has 16 heavy (non-hydrogen) atoms. The molecule has 0 unspecified atom stereocenters. The fourth-order valence-electron chi connectivity index (χ4n) is 1.58. The van der Waals surface area contributed by atoms with E-state index in [1.54, 1.807) is 0 Å². The topological polar surface area (TPSA) is 85.1 Å². The van der Waals surface area contributed by atoms with Crippen LogP contribution in [0.15, 0.2) is 27.8 Å². The molecule has 2 rings (SSSR count). The van der Waals surface area contributed by atoms with Crippen LogP contribution >= 0.6 is 15.9 Å². The van der Waals surface area contributed by atoms with Crippen molar-refractivity contribution >= 4 is 26.0 Å². The van der Waals surface area contributed by atoms with Gasteiger partial charge >= 0.3 is 0 Å². The number of nitrogens with zero attached hydrogens (tertiary/aromatic N) is 1. The third-order valence-corrected chi connectivity index (χ3v) is 4.41. The Balaban J connectivity index is 2.13. The summed E-state index contributed by atoms with van der Waals surface area (Å²) in [5.74, 6) is 0. The molecule has 7 heteroatoms. The maximum Gasteiger partial charge on any atom is 0.242 e. The van der Waals surface area contributed by atoms with E-state index in [-0.39, 0.29) is 17.0 Å². The van der Waals surface area contributed by atoms with Gasteiger partial charge in [0.2, 0.25) is 10.0 Å². The molecule has 0 amide bonds. The first-order valence-electron chi connectivity index (χ1n) is 4.86. The molecule has 0 aliphatic heterocycles. The Kier molecular flexibility index (Phi) is 3.29. The second-order valence-electron chi connectivity index (χ2n) is 3.89. The molecule has 1 aliphatic rings. The van der Waals surface area contributed by atoms with E-state index >= 15 is 0 Å². The fourth-order valence-corrected chi connectivity index (χ4v) is 3.35. The summed E-state index contributed by atoms with van der Waals surface area (Å²) in [6, 6.07) is 1.60. The summed E-state index contributed by atoms with van der Waals surface area (Å²) >= 11 is 3.19. The number of nitrogens with two attached hydrogens (primary N) is 1. The van der Waals surface area contributed by atoms with Crippen LogP contribution in [0.1, 0.15) is 12.8 Å². The van der Waals surface area contributed by atoms with Crippen molar-refractivity contribution in [2.24, 2.45) is 5.73 Å². The zero-order valence-corrected chi connectivity index (χ0v) is 10.8. The molecule has 0 atom stereocenters. The molecule has 0 radical (unpaired) electrons. The summed E-state index contributed by atoms with van der Waals surface area (Å²) in [6.45, 7) is 0. The van der Waals surface area contributed by atoms with Gasteiger partial charge in [-0.3, -0.25) is 4.98 Å². The number of sulfonamides is 1. The van der Waals surface area contributed by atoms with Crippen LogP contribution in [0, 0.1) is 0 Å². The highest BCUT2D eigenvalue weighted by molar-refractivity contribution is 9.10. The number of hydrogen-bond donors (Lipinski definition) is 2. The average molecular weight is 306 g/mol. The van der Waals surface area contributed by atoms with Gasteiger partial charge in [-0.2, -0.15) is 0 Å². The molecule has 0 saturated heterocycles. The first kappa shape index (κ1) is 12.0. The van der Waals surface area contributed by atoms with Gasteiger partial charge in [0.05, 0.1) is 0 Å². The number of nitrogens with one attached hydrogen (secondary N) is 1. The van der Waals surface area contributed by atoms with Gasteiger partial charge in [0.25, 0.3) is 0 Å². The van der Waals surface area contributed by atoms with Crippen molar-refractivity contribution in [3.8, 4) is 0 Å². The van der Waals surface area contributed by atoms with Crippen molar-refractivity contribution in [3.05, 3.63) is 22.9 Å².